The third-order valence-corrected chi connectivity index (χ3v) is 2.17. The third kappa shape index (κ3) is 2.05. The summed E-state index contributed by atoms with van der Waals surface area (Å²) >= 11 is 0. The van der Waals surface area contributed by atoms with E-state index in [0.717, 1.165) is 22.4 Å². The van der Waals surface area contributed by atoms with Gasteiger partial charge in [0.2, 0.25) is 0 Å². The van der Waals surface area contributed by atoms with Crippen molar-refractivity contribution in [3.8, 4) is 11.5 Å². The van der Waals surface area contributed by atoms with Crippen molar-refractivity contribution in [1.29, 1.82) is 0 Å². The topological polar surface area (TPSA) is 44.2 Å². The van der Waals surface area contributed by atoms with E-state index >= 15 is 0 Å². The number of methoxy groups -OCH3 is 1. The van der Waals surface area contributed by atoms with Crippen LogP contribution >= 0.6 is 0 Å². The van der Waals surface area contributed by atoms with Crippen molar-refractivity contribution in [2.75, 3.05) is 7.11 Å². The lowest BCUT2D eigenvalue weighted by Crippen LogP contribution is -2.06. The normalized spacial score (nSPS) is 10.8. The van der Waals surface area contributed by atoms with Gasteiger partial charge in [-0.15, -0.1) is 0 Å². The monoisotopic (exact) mass is 218 g/mol. The predicted molar refractivity (Wildman–Crippen MR) is 61.9 cm³/mol. The Balaban J connectivity index is 2.51. The number of aromatic nitrogens is 2. The Kier molecular flexibility index (Phi) is 2.90. The zero-order chi connectivity index (χ0) is 11.5. The fourth-order valence-electron chi connectivity index (χ4n) is 1.49. The van der Waals surface area contributed by atoms with Crippen molar-refractivity contribution in [2.24, 2.45) is 0 Å². The zero-order valence-corrected chi connectivity index (χ0v) is 9.60. The minimum absolute atomic E-state index is 0.120. The summed E-state index contributed by atoms with van der Waals surface area (Å²) in [5, 5.41) is 8.91. The molecule has 0 atom stereocenters. The van der Waals surface area contributed by atoms with Crippen LogP contribution < -0.4 is 9.47 Å². The summed E-state index contributed by atoms with van der Waals surface area (Å²) < 4.78 is 10.8. The molecule has 0 unspecified atom stereocenters. The Morgan fingerprint density at radius 2 is 2.06 bits per heavy atom. The van der Waals surface area contributed by atoms with Crippen LogP contribution in [0.5, 0.6) is 11.5 Å². The molecule has 4 nitrogen and oxygen atoms in total. The molecule has 2 aromatic rings. The molecule has 1 aromatic heterocycles. The van der Waals surface area contributed by atoms with E-state index in [2.05, 4.69) is 10.2 Å². The Morgan fingerprint density at radius 3 is 2.75 bits per heavy atom. The SMILES string of the molecule is COc1ccc2c(OC(C)C)cnnc2c1. The first-order chi connectivity index (χ1) is 7.70. The summed E-state index contributed by atoms with van der Waals surface area (Å²) in [6.45, 7) is 3.96. The molecule has 0 fully saturated rings. The molecule has 0 saturated carbocycles. The second kappa shape index (κ2) is 4.35. The van der Waals surface area contributed by atoms with Gasteiger partial charge in [-0.25, -0.2) is 0 Å². The lowest BCUT2D eigenvalue weighted by molar-refractivity contribution is 0.244. The van der Waals surface area contributed by atoms with Gasteiger partial charge in [0.05, 0.1) is 19.4 Å². The maximum atomic E-state index is 5.66. The van der Waals surface area contributed by atoms with E-state index in [-0.39, 0.29) is 6.10 Å². The van der Waals surface area contributed by atoms with Gasteiger partial charge >= 0.3 is 0 Å². The first-order valence-corrected chi connectivity index (χ1v) is 5.17. The van der Waals surface area contributed by atoms with Gasteiger partial charge in [-0.1, -0.05) is 0 Å². The Labute approximate surface area is 94.2 Å². The van der Waals surface area contributed by atoms with Crippen LogP contribution in [0, 0.1) is 0 Å². The minimum atomic E-state index is 0.120. The maximum Gasteiger partial charge on any atom is 0.149 e. The predicted octanol–water partition coefficient (Wildman–Crippen LogP) is 2.43. The molecule has 2 rings (SSSR count). The van der Waals surface area contributed by atoms with Crippen LogP contribution in [0.1, 0.15) is 13.8 Å². The first kappa shape index (κ1) is 10.7. The van der Waals surface area contributed by atoms with Crippen molar-refractivity contribution in [2.45, 2.75) is 20.0 Å². The number of rotatable bonds is 3. The summed E-state index contributed by atoms with van der Waals surface area (Å²) in [5.74, 6) is 1.52. The van der Waals surface area contributed by atoms with Gasteiger partial charge in [0.15, 0.2) is 0 Å². The van der Waals surface area contributed by atoms with Crippen molar-refractivity contribution in [1.82, 2.24) is 10.2 Å². The highest BCUT2D eigenvalue weighted by molar-refractivity contribution is 5.85. The molecule has 0 aliphatic carbocycles. The Bertz CT molecular complexity index is 497. The lowest BCUT2D eigenvalue weighted by atomic mass is 10.2. The number of ether oxygens (including phenoxy) is 2. The van der Waals surface area contributed by atoms with Gasteiger partial charge in [-0.3, -0.25) is 0 Å². The van der Waals surface area contributed by atoms with E-state index in [1.807, 2.05) is 32.0 Å². The van der Waals surface area contributed by atoms with Crippen LogP contribution in [-0.4, -0.2) is 23.4 Å². The Hall–Kier alpha value is -1.84. The first-order valence-electron chi connectivity index (χ1n) is 5.17. The maximum absolute atomic E-state index is 5.66. The van der Waals surface area contributed by atoms with E-state index in [0.29, 0.717) is 0 Å². The second-order valence-corrected chi connectivity index (χ2v) is 3.76. The number of nitrogens with zero attached hydrogens (tertiary/aromatic N) is 2. The van der Waals surface area contributed by atoms with Crippen LogP contribution in [0.15, 0.2) is 24.4 Å². The average Bonchev–Trinajstić information content (AvgIpc) is 2.28. The highest BCUT2D eigenvalue weighted by Crippen LogP contribution is 2.26. The van der Waals surface area contributed by atoms with E-state index in [1.165, 1.54) is 0 Å². The molecule has 0 spiro atoms. The second-order valence-electron chi connectivity index (χ2n) is 3.76. The van der Waals surface area contributed by atoms with Gasteiger partial charge in [0.1, 0.15) is 17.0 Å². The number of hydrogen-bond donors (Lipinski definition) is 0. The van der Waals surface area contributed by atoms with E-state index in [9.17, 15) is 0 Å². The van der Waals surface area contributed by atoms with Gasteiger partial charge < -0.3 is 9.47 Å². The van der Waals surface area contributed by atoms with E-state index in [4.69, 9.17) is 9.47 Å². The largest absolute Gasteiger partial charge is 0.497 e. The van der Waals surface area contributed by atoms with Gasteiger partial charge in [-0.2, -0.15) is 10.2 Å². The van der Waals surface area contributed by atoms with Gasteiger partial charge in [-0.05, 0) is 26.0 Å². The highest BCUT2D eigenvalue weighted by Gasteiger charge is 2.06. The fourth-order valence-corrected chi connectivity index (χ4v) is 1.49. The molecule has 16 heavy (non-hydrogen) atoms. The standard InChI is InChI=1S/C12H14N2O2/c1-8(2)16-12-7-13-14-11-6-9(15-3)4-5-10(11)12/h4-8H,1-3H3. The summed E-state index contributed by atoms with van der Waals surface area (Å²) in [7, 11) is 1.63. The molecule has 0 N–H and O–H groups in total. The Morgan fingerprint density at radius 1 is 1.25 bits per heavy atom. The lowest BCUT2D eigenvalue weighted by Gasteiger charge is -2.11. The van der Waals surface area contributed by atoms with E-state index < -0.39 is 0 Å². The molecular formula is C12H14N2O2. The van der Waals surface area contributed by atoms with Crippen molar-refractivity contribution >= 4 is 10.9 Å². The zero-order valence-electron chi connectivity index (χ0n) is 9.60. The van der Waals surface area contributed by atoms with Crippen molar-refractivity contribution in [3.63, 3.8) is 0 Å². The molecular weight excluding hydrogens is 204 g/mol. The third-order valence-electron chi connectivity index (χ3n) is 2.17. The van der Waals surface area contributed by atoms with Crippen LogP contribution in [0.2, 0.25) is 0 Å². The molecule has 1 aromatic carbocycles. The molecule has 1 heterocycles. The number of hydrogen-bond acceptors (Lipinski definition) is 4. The molecule has 4 heteroatoms. The smallest absolute Gasteiger partial charge is 0.149 e. The van der Waals surface area contributed by atoms with Crippen molar-refractivity contribution in [3.05, 3.63) is 24.4 Å². The molecule has 0 bridgehead atoms. The fraction of sp³-hybridized carbons (Fsp3) is 0.333. The number of benzene rings is 1. The summed E-state index contributed by atoms with van der Waals surface area (Å²) in [6.07, 6.45) is 1.75. The summed E-state index contributed by atoms with van der Waals surface area (Å²) in [5.41, 5.74) is 0.775. The van der Waals surface area contributed by atoms with Gasteiger partial charge in [0, 0.05) is 11.5 Å². The van der Waals surface area contributed by atoms with E-state index in [1.54, 1.807) is 13.3 Å². The van der Waals surface area contributed by atoms with Crippen LogP contribution in [0.25, 0.3) is 10.9 Å². The van der Waals surface area contributed by atoms with Crippen molar-refractivity contribution < 1.29 is 9.47 Å². The quantitative estimate of drug-likeness (QED) is 0.793. The van der Waals surface area contributed by atoms with Crippen LogP contribution in [-0.2, 0) is 0 Å². The highest BCUT2D eigenvalue weighted by atomic mass is 16.5. The average molecular weight is 218 g/mol. The number of fused-ring (bicyclic) bond motifs is 1. The van der Waals surface area contributed by atoms with Crippen LogP contribution in [0.4, 0.5) is 0 Å². The summed E-state index contributed by atoms with van der Waals surface area (Å²) in [4.78, 5) is 0. The molecule has 0 aliphatic rings. The molecule has 0 radical (unpaired) electrons. The van der Waals surface area contributed by atoms with Gasteiger partial charge in [0.25, 0.3) is 0 Å². The molecule has 0 amide bonds. The molecule has 84 valence electrons. The summed E-state index contributed by atoms with van der Waals surface area (Å²) in [6, 6.07) is 5.66. The molecule has 0 saturated heterocycles. The minimum Gasteiger partial charge on any atom is -0.497 e. The molecule has 0 aliphatic heterocycles. The van der Waals surface area contributed by atoms with Crippen LogP contribution in [0.3, 0.4) is 0 Å².